The Bertz CT molecular complexity index is 599. The Kier molecular flexibility index (Phi) is 4.17. The fourth-order valence-corrected chi connectivity index (χ4v) is 2.42. The standard InChI is InChI=1S/C15H14ClF2N/c1-9-3-5-11(13(16)7-9)15(19-2)12-8-10(17)4-6-14(12)18/h3-8,15,19H,1-2H3. The summed E-state index contributed by atoms with van der Waals surface area (Å²) in [5, 5.41) is 3.50. The summed E-state index contributed by atoms with van der Waals surface area (Å²) in [6, 6.07) is 8.44. The van der Waals surface area contributed by atoms with Crippen LogP contribution in [0, 0.1) is 18.6 Å². The van der Waals surface area contributed by atoms with E-state index < -0.39 is 17.7 Å². The molecule has 1 unspecified atom stereocenters. The van der Waals surface area contributed by atoms with Crippen molar-refractivity contribution in [3.05, 3.63) is 69.7 Å². The molecule has 0 saturated carbocycles. The van der Waals surface area contributed by atoms with Crippen molar-refractivity contribution >= 4 is 11.6 Å². The quantitative estimate of drug-likeness (QED) is 0.887. The normalized spacial score (nSPS) is 12.5. The first kappa shape index (κ1) is 14.0. The fourth-order valence-electron chi connectivity index (χ4n) is 2.08. The minimum Gasteiger partial charge on any atom is -0.309 e. The molecular formula is C15H14ClF2N. The van der Waals surface area contributed by atoms with E-state index in [1.165, 1.54) is 6.07 Å². The van der Waals surface area contributed by atoms with Gasteiger partial charge in [0.2, 0.25) is 0 Å². The summed E-state index contributed by atoms with van der Waals surface area (Å²) in [6.45, 7) is 1.92. The lowest BCUT2D eigenvalue weighted by Crippen LogP contribution is -2.19. The largest absolute Gasteiger partial charge is 0.309 e. The lowest BCUT2D eigenvalue weighted by molar-refractivity contribution is 0.558. The molecule has 2 aromatic carbocycles. The van der Waals surface area contributed by atoms with Crippen LogP contribution in [0.15, 0.2) is 36.4 Å². The smallest absolute Gasteiger partial charge is 0.128 e. The summed E-state index contributed by atoms with van der Waals surface area (Å²) < 4.78 is 27.2. The van der Waals surface area contributed by atoms with Gasteiger partial charge in [-0.15, -0.1) is 0 Å². The highest BCUT2D eigenvalue weighted by atomic mass is 35.5. The summed E-state index contributed by atoms with van der Waals surface area (Å²) in [5.41, 5.74) is 1.98. The topological polar surface area (TPSA) is 12.0 Å². The second-order valence-electron chi connectivity index (χ2n) is 4.41. The minimum absolute atomic E-state index is 0.244. The Hall–Kier alpha value is -1.45. The highest BCUT2D eigenvalue weighted by molar-refractivity contribution is 6.31. The molecular weight excluding hydrogens is 268 g/mol. The second-order valence-corrected chi connectivity index (χ2v) is 4.82. The van der Waals surface area contributed by atoms with Crippen molar-refractivity contribution in [1.82, 2.24) is 5.32 Å². The maximum absolute atomic E-state index is 13.9. The molecule has 0 bridgehead atoms. The van der Waals surface area contributed by atoms with Gasteiger partial charge in [-0.25, -0.2) is 8.78 Å². The Balaban J connectivity index is 2.52. The molecule has 0 aliphatic carbocycles. The minimum atomic E-state index is -0.483. The molecule has 0 heterocycles. The molecule has 0 aliphatic heterocycles. The van der Waals surface area contributed by atoms with Crippen LogP contribution >= 0.6 is 11.6 Å². The maximum Gasteiger partial charge on any atom is 0.128 e. The van der Waals surface area contributed by atoms with Gasteiger partial charge < -0.3 is 5.32 Å². The van der Waals surface area contributed by atoms with Gasteiger partial charge in [0, 0.05) is 10.6 Å². The average molecular weight is 282 g/mol. The summed E-state index contributed by atoms with van der Waals surface area (Å²) in [4.78, 5) is 0. The SMILES string of the molecule is CNC(c1cc(F)ccc1F)c1ccc(C)cc1Cl. The average Bonchev–Trinajstić information content (AvgIpc) is 2.36. The van der Waals surface area contributed by atoms with E-state index in [1.54, 1.807) is 13.1 Å². The molecule has 1 nitrogen and oxygen atoms in total. The third kappa shape index (κ3) is 2.94. The van der Waals surface area contributed by atoms with Crippen LogP contribution in [-0.4, -0.2) is 7.05 Å². The summed E-state index contributed by atoms with van der Waals surface area (Å²) in [5.74, 6) is -0.933. The van der Waals surface area contributed by atoms with E-state index in [-0.39, 0.29) is 5.56 Å². The van der Waals surface area contributed by atoms with Gasteiger partial charge in [0.25, 0.3) is 0 Å². The number of hydrogen-bond acceptors (Lipinski definition) is 1. The van der Waals surface area contributed by atoms with Gasteiger partial charge in [-0.3, -0.25) is 0 Å². The van der Waals surface area contributed by atoms with Crippen LogP contribution in [0.25, 0.3) is 0 Å². The number of halogens is 3. The van der Waals surface area contributed by atoms with Crippen LogP contribution in [0.1, 0.15) is 22.7 Å². The molecule has 0 radical (unpaired) electrons. The van der Waals surface area contributed by atoms with E-state index in [9.17, 15) is 8.78 Å². The zero-order chi connectivity index (χ0) is 14.0. The maximum atomic E-state index is 13.9. The molecule has 0 fully saturated rings. The van der Waals surface area contributed by atoms with Gasteiger partial charge in [-0.1, -0.05) is 23.7 Å². The van der Waals surface area contributed by atoms with Gasteiger partial charge in [-0.05, 0) is 49.4 Å². The fraction of sp³-hybridized carbons (Fsp3) is 0.200. The highest BCUT2D eigenvalue weighted by Crippen LogP contribution is 2.30. The molecule has 2 rings (SSSR count). The second kappa shape index (κ2) is 5.68. The third-order valence-electron chi connectivity index (χ3n) is 3.02. The lowest BCUT2D eigenvalue weighted by Gasteiger charge is -2.19. The van der Waals surface area contributed by atoms with Crippen LogP contribution in [-0.2, 0) is 0 Å². The van der Waals surface area contributed by atoms with Crippen molar-refractivity contribution in [1.29, 1.82) is 0 Å². The van der Waals surface area contributed by atoms with Crippen molar-refractivity contribution in [3.63, 3.8) is 0 Å². The van der Waals surface area contributed by atoms with Gasteiger partial charge in [0.15, 0.2) is 0 Å². The van der Waals surface area contributed by atoms with E-state index >= 15 is 0 Å². The number of benzene rings is 2. The highest BCUT2D eigenvalue weighted by Gasteiger charge is 2.19. The Morgan fingerprint density at radius 3 is 2.42 bits per heavy atom. The number of rotatable bonds is 3. The van der Waals surface area contributed by atoms with Gasteiger partial charge in [-0.2, -0.15) is 0 Å². The molecule has 0 aromatic heterocycles. The van der Waals surface area contributed by atoms with Crippen molar-refractivity contribution in [2.24, 2.45) is 0 Å². The summed E-state index contributed by atoms with van der Waals surface area (Å²) >= 11 is 6.19. The van der Waals surface area contributed by atoms with Crippen LogP contribution in [0.3, 0.4) is 0 Å². The zero-order valence-electron chi connectivity index (χ0n) is 10.7. The Morgan fingerprint density at radius 2 is 1.79 bits per heavy atom. The van der Waals surface area contributed by atoms with Crippen LogP contribution in [0.2, 0.25) is 5.02 Å². The van der Waals surface area contributed by atoms with Crippen LogP contribution < -0.4 is 5.32 Å². The molecule has 0 amide bonds. The van der Waals surface area contributed by atoms with E-state index in [0.717, 1.165) is 23.3 Å². The monoisotopic (exact) mass is 281 g/mol. The molecule has 0 spiro atoms. The zero-order valence-corrected chi connectivity index (χ0v) is 11.4. The van der Waals surface area contributed by atoms with Crippen molar-refractivity contribution in [3.8, 4) is 0 Å². The molecule has 1 N–H and O–H groups in total. The van der Waals surface area contributed by atoms with E-state index in [4.69, 9.17) is 11.6 Å². The van der Waals surface area contributed by atoms with Gasteiger partial charge in [0.05, 0.1) is 6.04 Å². The van der Waals surface area contributed by atoms with Crippen LogP contribution in [0.5, 0.6) is 0 Å². The van der Waals surface area contributed by atoms with Gasteiger partial charge >= 0.3 is 0 Å². The third-order valence-corrected chi connectivity index (χ3v) is 3.35. The lowest BCUT2D eigenvalue weighted by atomic mass is 9.97. The molecule has 19 heavy (non-hydrogen) atoms. The molecule has 0 aliphatic rings. The number of nitrogens with one attached hydrogen (secondary N) is 1. The summed E-state index contributed by atoms with van der Waals surface area (Å²) in [7, 11) is 1.69. The Labute approximate surface area is 116 Å². The van der Waals surface area contributed by atoms with Crippen LogP contribution in [0.4, 0.5) is 8.78 Å². The Morgan fingerprint density at radius 1 is 1.05 bits per heavy atom. The predicted molar refractivity (Wildman–Crippen MR) is 73.4 cm³/mol. The molecule has 4 heteroatoms. The molecule has 1 atom stereocenters. The first-order valence-corrected chi connectivity index (χ1v) is 6.29. The van der Waals surface area contributed by atoms with Gasteiger partial charge in [0.1, 0.15) is 11.6 Å². The van der Waals surface area contributed by atoms with Crippen molar-refractivity contribution < 1.29 is 8.78 Å². The molecule has 0 saturated heterocycles. The molecule has 100 valence electrons. The van der Waals surface area contributed by atoms with Crippen molar-refractivity contribution in [2.45, 2.75) is 13.0 Å². The van der Waals surface area contributed by atoms with E-state index in [0.29, 0.717) is 5.02 Å². The number of aryl methyl sites for hydroxylation is 1. The molecule has 2 aromatic rings. The van der Waals surface area contributed by atoms with Crippen molar-refractivity contribution in [2.75, 3.05) is 7.05 Å². The summed E-state index contributed by atoms with van der Waals surface area (Å²) in [6.07, 6.45) is 0. The van der Waals surface area contributed by atoms with E-state index in [1.807, 2.05) is 19.1 Å². The first-order chi connectivity index (χ1) is 9.02. The van der Waals surface area contributed by atoms with E-state index in [2.05, 4.69) is 5.32 Å². The predicted octanol–water partition coefficient (Wildman–Crippen LogP) is 4.24. The number of hydrogen-bond donors (Lipinski definition) is 1. The first-order valence-electron chi connectivity index (χ1n) is 5.91.